The van der Waals surface area contributed by atoms with E-state index in [-0.39, 0.29) is 5.41 Å². The first-order valence-electron chi connectivity index (χ1n) is 15.6. The predicted molar refractivity (Wildman–Crippen MR) is 165 cm³/mol. The third-order valence-electron chi connectivity index (χ3n) is 10.3. The average Bonchev–Trinajstić information content (AvgIpc) is 3.27. The highest BCUT2D eigenvalue weighted by Gasteiger charge is 2.46. The van der Waals surface area contributed by atoms with Crippen molar-refractivity contribution >= 4 is 0 Å². The molecule has 0 nitrogen and oxygen atoms in total. The van der Waals surface area contributed by atoms with E-state index in [9.17, 15) is 0 Å². The molecule has 0 heteroatoms. The molecule has 2 saturated carbocycles. The van der Waals surface area contributed by atoms with Crippen LogP contribution < -0.4 is 0 Å². The molecule has 0 radical (unpaired) electrons. The normalized spacial score (nSPS) is 19.0. The molecule has 3 aliphatic rings. The van der Waals surface area contributed by atoms with Gasteiger partial charge in [-0.2, -0.15) is 0 Å². The van der Waals surface area contributed by atoms with E-state index in [4.69, 9.17) is 0 Å². The minimum Gasteiger partial charge on any atom is -0.0587 e. The fraction of sp³-hybridized carbons (Fsp3) is 0.385. The van der Waals surface area contributed by atoms with Crippen LogP contribution >= 0.6 is 0 Å². The zero-order chi connectivity index (χ0) is 26.4. The molecule has 4 aromatic rings. The zero-order valence-electron chi connectivity index (χ0n) is 23.8. The maximum atomic E-state index is 2.47. The molecule has 7 rings (SSSR count). The van der Waals surface area contributed by atoms with Crippen molar-refractivity contribution in [3.63, 3.8) is 0 Å². The Morgan fingerprint density at radius 1 is 0.462 bits per heavy atom. The standard InChI is InChI=1S/C39H42/c1-27-13-23-35-36-24-14-28(2)26-38(36)39(37(35)25-27,33-19-15-31(16-20-33)29-9-5-3-6-10-29)34-21-17-32(18-22-34)30-11-7-4-8-12-30/h13-26,29-30H,3-12H2,1-2H3. The van der Waals surface area contributed by atoms with Crippen molar-refractivity contribution in [3.8, 4) is 11.1 Å². The fourth-order valence-electron chi connectivity index (χ4n) is 8.22. The van der Waals surface area contributed by atoms with Gasteiger partial charge in [-0.15, -0.1) is 0 Å². The van der Waals surface area contributed by atoms with Crippen LogP contribution in [0, 0.1) is 13.8 Å². The third-order valence-corrected chi connectivity index (χ3v) is 10.3. The van der Waals surface area contributed by atoms with Crippen LogP contribution in [0.15, 0.2) is 84.9 Å². The molecular formula is C39H42. The van der Waals surface area contributed by atoms with Gasteiger partial charge in [-0.25, -0.2) is 0 Å². The van der Waals surface area contributed by atoms with Crippen LogP contribution in [-0.2, 0) is 5.41 Å². The molecule has 2 fully saturated rings. The van der Waals surface area contributed by atoms with E-state index in [0.29, 0.717) is 0 Å². The van der Waals surface area contributed by atoms with Crippen LogP contribution in [0.2, 0.25) is 0 Å². The molecule has 0 spiro atoms. The lowest BCUT2D eigenvalue weighted by Gasteiger charge is -2.35. The molecule has 0 N–H and O–H groups in total. The van der Waals surface area contributed by atoms with Gasteiger partial charge in [-0.1, -0.05) is 135 Å². The SMILES string of the molecule is Cc1ccc2c(c1)C(c1ccc(C3CCCCC3)cc1)(c1ccc(C3CCCCC3)cc1)c1cc(C)ccc1-2. The minimum atomic E-state index is -0.293. The lowest BCUT2D eigenvalue weighted by molar-refractivity contribution is 0.443. The maximum Gasteiger partial charge on any atom is 0.0713 e. The summed E-state index contributed by atoms with van der Waals surface area (Å²) in [4.78, 5) is 0. The number of hydrogen-bond donors (Lipinski definition) is 0. The summed E-state index contributed by atoms with van der Waals surface area (Å²) < 4.78 is 0. The summed E-state index contributed by atoms with van der Waals surface area (Å²) in [5.74, 6) is 1.46. The predicted octanol–water partition coefficient (Wildman–Crippen LogP) is 10.8. The van der Waals surface area contributed by atoms with Crippen LogP contribution in [0.5, 0.6) is 0 Å². The summed E-state index contributed by atoms with van der Waals surface area (Å²) in [5.41, 5.74) is 13.9. The van der Waals surface area contributed by atoms with E-state index in [2.05, 4.69) is 98.8 Å². The first kappa shape index (κ1) is 24.9. The van der Waals surface area contributed by atoms with E-state index in [1.807, 2.05) is 0 Å². The van der Waals surface area contributed by atoms with Gasteiger partial charge < -0.3 is 0 Å². The summed E-state index contributed by atoms with van der Waals surface area (Å²) in [7, 11) is 0. The lowest BCUT2D eigenvalue weighted by atomic mass is 9.66. The zero-order valence-corrected chi connectivity index (χ0v) is 23.8. The number of benzene rings is 4. The highest BCUT2D eigenvalue weighted by molar-refractivity contribution is 5.86. The van der Waals surface area contributed by atoms with Crippen molar-refractivity contribution in [2.24, 2.45) is 0 Å². The topological polar surface area (TPSA) is 0 Å². The molecule has 0 amide bonds. The summed E-state index contributed by atoms with van der Waals surface area (Å²) >= 11 is 0. The van der Waals surface area contributed by atoms with Gasteiger partial charge in [0, 0.05) is 0 Å². The fourth-order valence-corrected chi connectivity index (χ4v) is 8.22. The van der Waals surface area contributed by atoms with E-state index in [0.717, 1.165) is 11.8 Å². The van der Waals surface area contributed by atoms with Gasteiger partial charge in [-0.05, 0) is 95.9 Å². The Morgan fingerprint density at radius 3 is 1.23 bits per heavy atom. The van der Waals surface area contributed by atoms with Gasteiger partial charge in [0.1, 0.15) is 0 Å². The second-order valence-electron chi connectivity index (χ2n) is 12.8. The molecule has 0 atom stereocenters. The summed E-state index contributed by atoms with van der Waals surface area (Å²) in [6.07, 6.45) is 13.7. The highest BCUT2D eigenvalue weighted by atomic mass is 14.5. The first-order chi connectivity index (χ1) is 19.1. The van der Waals surface area contributed by atoms with Gasteiger partial charge >= 0.3 is 0 Å². The molecule has 0 aliphatic heterocycles. The summed E-state index contributed by atoms with van der Waals surface area (Å²) in [5, 5.41) is 0. The van der Waals surface area contributed by atoms with Gasteiger partial charge in [0.2, 0.25) is 0 Å². The number of hydrogen-bond acceptors (Lipinski definition) is 0. The van der Waals surface area contributed by atoms with E-state index < -0.39 is 0 Å². The molecule has 0 aromatic heterocycles. The molecule has 0 bridgehead atoms. The second-order valence-corrected chi connectivity index (χ2v) is 12.8. The van der Waals surface area contributed by atoms with Crippen LogP contribution in [0.3, 0.4) is 0 Å². The van der Waals surface area contributed by atoms with Gasteiger partial charge in [0.05, 0.1) is 5.41 Å². The smallest absolute Gasteiger partial charge is 0.0587 e. The summed E-state index contributed by atoms with van der Waals surface area (Å²) in [6, 6.07) is 34.0. The molecule has 39 heavy (non-hydrogen) atoms. The van der Waals surface area contributed by atoms with Crippen molar-refractivity contribution in [2.75, 3.05) is 0 Å². The molecule has 4 aromatic carbocycles. The van der Waals surface area contributed by atoms with Gasteiger partial charge in [0.25, 0.3) is 0 Å². The Bertz CT molecular complexity index is 1340. The number of aryl methyl sites for hydroxylation is 2. The van der Waals surface area contributed by atoms with Gasteiger partial charge in [0.15, 0.2) is 0 Å². The van der Waals surface area contributed by atoms with E-state index in [1.165, 1.54) is 120 Å². The molecule has 3 aliphatic carbocycles. The maximum absolute atomic E-state index is 2.47. The van der Waals surface area contributed by atoms with Crippen molar-refractivity contribution in [2.45, 2.75) is 95.3 Å². The Hall–Kier alpha value is -3.12. The lowest BCUT2D eigenvalue weighted by Crippen LogP contribution is -2.29. The number of fused-ring (bicyclic) bond motifs is 3. The monoisotopic (exact) mass is 510 g/mol. The van der Waals surface area contributed by atoms with Crippen LogP contribution in [0.4, 0.5) is 0 Å². The van der Waals surface area contributed by atoms with Crippen LogP contribution in [0.25, 0.3) is 11.1 Å². The average molecular weight is 511 g/mol. The Kier molecular flexibility index (Phi) is 6.46. The van der Waals surface area contributed by atoms with Crippen LogP contribution in [0.1, 0.15) is 121 Å². The largest absolute Gasteiger partial charge is 0.0713 e. The summed E-state index contributed by atoms with van der Waals surface area (Å²) in [6.45, 7) is 4.50. The Balaban J connectivity index is 1.43. The minimum absolute atomic E-state index is 0.293. The molecular weight excluding hydrogens is 468 g/mol. The highest BCUT2D eigenvalue weighted by Crippen LogP contribution is 2.56. The third kappa shape index (κ3) is 4.19. The van der Waals surface area contributed by atoms with Crippen molar-refractivity contribution in [1.82, 2.24) is 0 Å². The van der Waals surface area contributed by atoms with E-state index in [1.54, 1.807) is 0 Å². The van der Waals surface area contributed by atoms with Crippen LogP contribution in [-0.4, -0.2) is 0 Å². The second kappa shape index (κ2) is 10.1. The number of rotatable bonds is 4. The van der Waals surface area contributed by atoms with Gasteiger partial charge in [-0.3, -0.25) is 0 Å². The quantitative estimate of drug-likeness (QED) is 0.225. The van der Waals surface area contributed by atoms with Crippen molar-refractivity contribution in [1.29, 1.82) is 0 Å². The Morgan fingerprint density at radius 2 is 0.846 bits per heavy atom. The molecule has 198 valence electrons. The molecule has 0 unspecified atom stereocenters. The first-order valence-corrected chi connectivity index (χ1v) is 15.6. The van der Waals surface area contributed by atoms with Crippen molar-refractivity contribution in [3.05, 3.63) is 129 Å². The van der Waals surface area contributed by atoms with Crippen molar-refractivity contribution < 1.29 is 0 Å². The molecule has 0 heterocycles. The Labute approximate surface area is 235 Å². The van der Waals surface area contributed by atoms with E-state index >= 15 is 0 Å². The molecule has 0 saturated heterocycles.